The molecule has 138 valence electrons. The summed E-state index contributed by atoms with van der Waals surface area (Å²) in [7, 11) is 1.61. The van der Waals surface area contributed by atoms with Crippen molar-refractivity contribution in [3.8, 4) is 5.75 Å². The van der Waals surface area contributed by atoms with Crippen LogP contribution in [0.2, 0.25) is 0 Å². The van der Waals surface area contributed by atoms with Gasteiger partial charge in [0.05, 0.1) is 7.11 Å². The van der Waals surface area contributed by atoms with Gasteiger partial charge in [0.15, 0.2) is 5.78 Å². The lowest BCUT2D eigenvalue weighted by atomic mass is 9.73. The first-order valence-corrected chi connectivity index (χ1v) is 9.01. The van der Waals surface area contributed by atoms with E-state index in [0.29, 0.717) is 29.7 Å². The van der Waals surface area contributed by atoms with Gasteiger partial charge in [0, 0.05) is 30.0 Å². The molecule has 5 heteroatoms. The summed E-state index contributed by atoms with van der Waals surface area (Å²) in [6.07, 6.45) is 1.01. The number of methoxy groups -OCH3 is 1. The van der Waals surface area contributed by atoms with Gasteiger partial charge < -0.3 is 10.1 Å². The highest BCUT2D eigenvalue weighted by molar-refractivity contribution is 6.02. The van der Waals surface area contributed by atoms with E-state index in [1.54, 1.807) is 25.3 Å². The van der Waals surface area contributed by atoms with Crippen molar-refractivity contribution in [1.29, 1.82) is 0 Å². The maximum atomic E-state index is 14.3. The van der Waals surface area contributed by atoms with E-state index < -0.39 is 5.92 Å². The summed E-state index contributed by atoms with van der Waals surface area (Å²) in [5.74, 6) is -0.350. The standard InChI is InChI=1S/C22H20FNO3/c1-27-15-8-6-13(7-9-15)14-10-19-22(20(25)11-14)17(12-21(26)24-19)16-4-2-3-5-18(16)23/h2-9,14,17H,10-12H2,1H3,(H,24,26)/t14-,17+/m1/s1. The summed E-state index contributed by atoms with van der Waals surface area (Å²) in [5.41, 5.74) is 2.63. The third-order valence-corrected chi connectivity index (χ3v) is 5.40. The molecule has 1 N–H and O–H groups in total. The van der Waals surface area contributed by atoms with E-state index in [1.165, 1.54) is 6.07 Å². The molecule has 27 heavy (non-hydrogen) atoms. The van der Waals surface area contributed by atoms with Crippen molar-refractivity contribution in [1.82, 2.24) is 5.32 Å². The molecule has 0 aromatic heterocycles. The molecule has 1 amide bonds. The summed E-state index contributed by atoms with van der Waals surface area (Å²) in [4.78, 5) is 25.2. The number of hydrogen-bond acceptors (Lipinski definition) is 3. The van der Waals surface area contributed by atoms with Crippen LogP contribution in [0.4, 0.5) is 4.39 Å². The molecule has 2 aliphatic rings. The molecule has 0 unspecified atom stereocenters. The molecule has 1 aliphatic carbocycles. The van der Waals surface area contributed by atoms with Crippen LogP contribution < -0.4 is 10.1 Å². The molecule has 0 bridgehead atoms. The molecule has 0 saturated heterocycles. The van der Waals surface area contributed by atoms with Crippen molar-refractivity contribution in [2.24, 2.45) is 0 Å². The SMILES string of the molecule is COc1ccc([C@H]2CC(=O)C3=C(C2)NC(=O)C[C@H]3c2ccccc2F)cc1. The number of halogens is 1. The monoisotopic (exact) mass is 365 g/mol. The lowest BCUT2D eigenvalue weighted by molar-refractivity contribution is -0.122. The third kappa shape index (κ3) is 3.25. The number of carbonyl (C=O) groups is 2. The predicted octanol–water partition coefficient (Wildman–Crippen LogP) is 3.84. The van der Waals surface area contributed by atoms with Gasteiger partial charge in [0.25, 0.3) is 0 Å². The van der Waals surface area contributed by atoms with E-state index in [1.807, 2.05) is 24.3 Å². The fraction of sp³-hybridized carbons (Fsp3) is 0.273. The van der Waals surface area contributed by atoms with Crippen LogP contribution in [0, 0.1) is 5.82 Å². The van der Waals surface area contributed by atoms with Gasteiger partial charge in [-0.15, -0.1) is 0 Å². The molecular formula is C22H20FNO3. The fourth-order valence-electron chi connectivity index (χ4n) is 4.10. The highest BCUT2D eigenvalue weighted by Crippen LogP contribution is 2.43. The maximum absolute atomic E-state index is 14.3. The Bertz CT molecular complexity index is 933. The third-order valence-electron chi connectivity index (χ3n) is 5.40. The van der Waals surface area contributed by atoms with Gasteiger partial charge >= 0.3 is 0 Å². The highest BCUT2D eigenvalue weighted by Gasteiger charge is 2.38. The Morgan fingerprint density at radius 2 is 1.74 bits per heavy atom. The number of rotatable bonds is 3. The number of ether oxygens (including phenoxy) is 1. The lowest BCUT2D eigenvalue weighted by Gasteiger charge is -2.34. The minimum Gasteiger partial charge on any atom is -0.497 e. The van der Waals surface area contributed by atoms with Crippen molar-refractivity contribution in [2.75, 3.05) is 7.11 Å². The number of ketones is 1. The van der Waals surface area contributed by atoms with E-state index in [-0.39, 0.29) is 29.8 Å². The second-order valence-electron chi connectivity index (χ2n) is 7.02. The van der Waals surface area contributed by atoms with E-state index in [2.05, 4.69) is 5.32 Å². The number of hydrogen-bond donors (Lipinski definition) is 1. The summed E-state index contributed by atoms with van der Waals surface area (Å²) in [6, 6.07) is 14.0. The molecule has 2 aromatic carbocycles. The van der Waals surface area contributed by atoms with Crippen LogP contribution in [-0.4, -0.2) is 18.8 Å². The first-order valence-electron chi connectivity index (χ1n) is 9.01. The van der Waals surface area contributed by atoms with Crippen molar-refractivity contribution in [3.63, 3.8) is 0 Å². The van der Waals surface area contributed by atoms with Crippen molar-refractivity contribution in [3.05, 3.63) is 76.7 Å². The zero-order valence-corrected chi connectivity index (χ0v) is 15.0. The minimum absolute atomic E-state index is 0.0122. The molecule has 4 nitrogen and oxygen atoms in total. The van der Waals surface area contributed by atoms with Crippen LogP contribution in [0.25, 0.3) is 0 Å². The molecule has 0 fully saturated rings. The zero-order chi connectivity index (χ0) is 19.0. The number of nitrogens with one attached hydrogen (secondary N) is 1. The van der Waals surface area contributed by atoms with Crippen LogP contribution in [0.15, 0.2) is 59.8 Å². The zero-order valence-electron chi connectivity index (χ0n) is 15.0. The first-order chi connectivity index (χ1) is 13.1. The number of amides is 1. The van der Waals surface area contributed by atoms with Gasteiger partial charge in [0.2, 0.25) is 5.91 Å². The molecular weight excluding hydrogens is 345 g/mol. The lowest BCUT2D eigenvalue weighted by Crippen LogP contribution is -2.38. The van der Waals surface area contributed by atoms with Crippen LogP contribution in [-0.2, 0) is 9.59 Å². The van der Waals surface area contributed by atoms with Crippen LogP contribution in [0.5, 0.6) is 5.75 Å². The number of allylic oxidation sites excluding steroid dienone is 2. The second kappa shape index (κ2) is 6.99. The average Bonchev–Trinajstić information content (AvgIpc) is 2.67. The summed E-state index contributed by atoms with van der Waals surface area (Å²) in [6.45, 7) is 0. The Morgan fingerprint density at radius 3 is 2.44 bits per heavy atom. The molecule has 0 spiro atoms. The van der Waals surface area contributed by atoms with Crippen molar-refractivity contribution < 1.29 is 18.7 Å². The van der Waals surface area contributed by atoms with Crippen LogP contribution in [0.3, 0.4) is 0 Å². The Balaban J connectivity index is 1.70. The van der Waals surface area contributed by atoms with Crippen molar-refractivity contribution >= 4 is 11.7 Å². The first kappa shape index (κ1) is 17.5. The summed E-state index contributed by atoms with van der Waals surface area (Å²) in [5, 5.41) is 2.86. The normalized spacial score (nSPS) is 22.3. The smallest absolute Gasteiger partial charge is 0.225 e. The minimum atomic E-state index is -0.515. The topological polar surface area (TPSA) is 55.4 Å². The fourth-order valence-corrected chi connectivity index (χ4v) is 4.10. The molecule has 1 heterocycles. The van der Waals surface area contributed by atoms with Crippen LogP contribution in [0.1, 0.15) is 42.2 Å². The van der Waals surface area contributed by atoms with Gasteiger partial charge in [-0.3, -0.25) is 9.59 Å². The molecule has 2 atom stereocenters. The van der Waals surface area contributed by atoms with E-state index >= 15 is 0 Å². The second-order valence-corrected chi connectivity index (χ2v) is 7.02. The molecule has 1 aliphatic heterocycles. The molecule has 0 radical (unpaired) electrons. The Morgan fingerprint density at radius 1 is 1.00 bits per heavy atom. The molecule has 2 aromatic rings. The van der Waals surface area contributed by atoms with Gasteiger partial charge in [-0.25, -0.2) is 4.39 Å². The van der Waals surface area contributed by atoms with Gasteiger partial charge in [-0.2, -0.15) is 0 Å². The Kier molecular flexibility index (Phi) is 4.52. The average molecular weight is 365 g/mol. The predicted molar refractivity (Wildman–Crippen MR) is 98.9 cm³/mol. The number of carbonyl (C=O) groups excluding carboxylic acids is 2. The molecule has 4 rings (SSSR count). The number of Topliss-reactive ketones (excluding diaryl/α,β-unsaturated/α-hetero) is 1. The van der Waals surface area contributed by atoms with Crippen molar-refractivity contribution in [2.45, 2.75) is 31.1 Å². The Hall–Kier alpha value is -2.95. The van der Waals surface area contributed by atoms with Gasteiger partial charge in [-0.1, -0.05) is 30.3 Å². The van der Waals surface area contributed by atoms with Gasteiger partial charge in [0.1, 0.15) is 11.6 Å². The summed E-state index contributed by atoms with van der Waals surface area (Å²) >= 11 is 0. The highest BCUT2D eigenvalue weighted by atomic mass is 19.1. The van der Waals surface area contributed by atoms with Gasteiger partial charge in [-0.05, 0) is 41.7 Å². The van der Waals surface area contributed by atoms with Crippen LogP contribution >= 0.6 is 0 Å². The number of benzene rings is 2. The van der Waals surface area contributed by atoms with E-state index in [0.717, 1.165) is 11.3 Å². The maximum Gasteiger partial charge on any atom is 0.225 e. The van der Waals surface area contributed by atoms with E-state index in [4.69, 9.17) is 4.74 Å². The summed E-state index contributed by atoms with van der Waals surface area (Å²) < 4.78 is 19.5. The Labute approximate surface area is 157 Å². The van der Waals surface area contributed by atoms with E-state index in [9.17, 15) is 14.0 Å². The largest absolute Gasteiger partial charge is 0.497 e. The molecule has 0 saturated carbocycles. The quantitative estimate of drug-likeness (QED) is 0.899.